The maximum atomic E-state index is 15.5. The number of hydrogen-bond acceptors (Lipinski definition) is 13. The van der Waals surface area contributed by atoms with E-state index in [0.29, 0.717) is 98.5 Å². The Bertz CT molecular complexity index is 3150. The van der Waals surface area contributed by atoms with Crippen molar-refractivity contribution in [1.29, 1.82) is 0 Å². The molecule has 3 saturated heterocycles. The van der Waals surface area contributed by atoms with Crippen LogP contribution < -0.4 is 19.9 Å². The SMILES string of the molecule is CC(=O)N1CCc2c(c(N3CCCc4cc(-c5cn6ccnc6cc5OCc5cn(C6CN(c7ccc8c(c7)C(=O)N(C7CCC(=O)NC7=O)C8=O)C6)nn5)c(C(F)F)cc43)nn2C2CCOCC2)C1. The molecule has 6 aliphatic heterocycles. The number of halogens is 2. The Morgan fingerprint density at radius 2 is 1.74 bits per heavy atom. The molecule has 1 unspecified atom stereocenters. The third-order valence-electron chi connectivity index (χ3n) is 14.6. The molecule has 360 valence electrons. The second-order valence-corrected chi connectivity index (χ2v) is 18.8. The van der Waals surface area contributed by atoms with Gasteiger partial charge in [-0.2, -0.15) is 5.10 Å². The smallest absolute Gasteiger partial charge is 0.264 e. The number of benzene rings is 2. The van der Waals surface area contributed by atoms with Crippen molar-refractivity contribution in [1.82, 2.24) is 49.3 Å². The number of carbonyl (C=O) groups is 5. The molecule has 2 aromatic carbocycles. The number of piperidine rings is 1. The predicted molar refractivity (Wildman–Crippen MR) is 246 cm³/mol. The Morgan fingerprint density at radius 1 is 0.914 bits per heavy atom. The summed E-state index contributed by atoms with van der Waals surface area (Å²) in [5, 5.41) is 16.2. The highest BCUT2D eigenvalue weighted by Crippen LogP contribution is 2.46. The molecule has 70 heavy (non-hydrogen) atoms. The number of imidazole rings is 1. The van der Waals surface area contributed by atoms with Gasteiger partial charge in [0.05, 0.1) is 36.0 Å². The number of imide groups is 2. The number of ether oxygens (including phenoxy) is 2. The minimum Gasteiger partial charge on any atom is -0.486 e. The second kappa shape index (κ2) is 17.1. The molecule has 1 N–H and O–H groups in total. The summed E-state index contributed by atoms with van der Waals surface area (Å²) < 4.78 is 48.8. The van der Waals surface area contributed by atoms with E-state index < -0.39 is 36.1 Å². The average molecular weight is 955 g/mol. The Hall–Kier alpha value is -7.55. The topological polar surface area (TPSA) is 195 Å². The molecule has 6 aliphatic rings. The van der Waals surface area contributed by atoms with E-state index in [4.69, 9.17) is 14.6 Å². The Kier molecular flexibility index (Phi) is 10.7. The van der Waals surface area contributed by atoms with Crippen LogP contribution in [0.2, 0.25) is 0 Å². The van der Waals surface area contributed by atoms with Crippen LogP contribution in [0.25, 0.3) is 16.8 Å². The maximum Gasteiger partial charge on any atom is 0.264 e. The lowest BCUT2D eigenvalue weighted by molar-refractivity contribution is -0.136. The first kappa shape index (κ1) is 43.7. The van der Waals surface area contributed by atoms with E-state index in [1.165, 1.54) is 0 Å². The summed E-state index contributed by atoms with van der Waals surface area (Å²) in [6, 6.07) is 9.26. The molecule has 21 heteroatoms. The van der Waals surface area contributed by atoms with Crippen molar-refractivity contribution >= 4 is 52.4 Å². The van der Waals surface area contributed by atoms with Crippen molar-refractivity contribution in [2.24, 2.45) is 0 Å². The number of aromatic nitrogens is 7. The van der Waals surface area contributed by atoms with Gasteiger partial charge in [0.25, 0.3) is 18.2 Å². The number of hydrogen-bond donors (Lipinski definition) is 1. The highest BCUT2D eigenvalue weighted by Gasteiger charge is 2.45. The molecule has 0 bridgehead atoms. The van der Waals surface area contributed by atoms with Crippen LogP contribution in [0.1, 0.15) is 106 Å². The van der Waals surface area contributed by atoms with Gasteiger partial charge in [0.1, 0.15) is 29.7 Å². The lowest BCUT2D eigenvalue weighted by atomic mass is 9.92. The van der Waals surface area contributed by atoms with Gasteiger partial charge in [0.15, 0.2) is 5.82 Å². The fraction of sp³-hybridized carbons (Fsp3) is 0.408. The fourth-order valence-electron chi connectivity index (χ4n) is 10.9. The number of nitrogens with one attached hydrogen (secondary N) is 1. The molecule has 0 spiro atoms. The van der Waals surface area contributed by atoms with E-state index in [-0.39, 0.29) is 54.1 Å². The zero-order chi connectivity index (χ0) is 47.9. The largest absolute Gasteiger partial charge is 0.486 e. The summed E-state index contributed by atoms with van der Waals surface area (Å²) in [6.07, 6.45) is 8.00. The molecular formula is C49H48F2N12O7. The highest BCUT2D eigenvalue weighted by atomic mass is 19.3. The normalized spacial score (nSPS) is 19.7. The van der Waals surface area contributed by atoms with Gasteiger partial charge in [-0.1, -0.05) is 5.21 Å². The minimum atomic E-state index is -2.83. The molecule has 12 rings (SSSR count). The quantitative estimate of drug-likeness (QED) is 0.178. The van der Waals surface area contributed by atoms with Gasteiger partial charge in [-0.3, -0.25) is 38.9 Å². The molecule has 4 aromatic heterocycles. The molecule has 0 saturated carbocycles. The zero-order valence-corrected chi connectivity index (χ0v) is 38.2. The van der Waals surface area contributed by atoms with Gasteiger partial charge in [-0.15, -0.1) is 5.10 Å². The fourth-order valence-corrected chi connectivity index (χ4v) is 10.9. The van der Waals surface area contributed by atoms with Gasteiger partial charge in [-0.25, -0.2) is 18.4 Å². The Morgan fingerprint density at radius 3 is 2.54 bits per heavy atom. The molecule has 6 aromatic rings. The monoisotopic (exact) mass is 954 g/mol. The molecule has 3 fully saturated rings. The van der Waals surface area contributed by atoms with Crippen molar-refractivity contribution in [3.05, 3.63) is 100 Å². The molecule has 5 amide bonds. The van der Waals surface area contributed by atoms with Crippen molar-refractivity contribution < 1.29 is 42.2 Å². The first-order chi connectivity index (χ1) is 34.0. The highest BCUT2D eigenvalue weighted by molar-refractivity contribution is 6.23. The molecule has 10 heterocycles. The number of amides is 5. The van der Waals surface area contributed by atoms with E-state index in [2.05, 4.69) is 30.2 Å². The summed E-state index contributed by atoms with van der Waals surface area (Å²) in [4.78, 5) is 74.8. The number of anilines is 3. The number of carbonyl (C=O) groups excluding carboxylic acids is 5. The third-order valence-corrected chi connectivity index (χ3v) is 14.6. The third kappa shape index (κ3) is 7.44. The van der Waals surface area contributed by atoms with E-state index in [1.807, 2.05) is 15.9 Å². The van der Waals surface area contributed by atoms with Crippen LogP contribution in [-0.4, -0.2) is 119 Å². The van der Waals surface area contributed by atoms with Crippen LogP contribution in [0.15, 0.2) is 61.2 Å². The Labute approximate surface area is 398 Å². The van der Waals surface area contributed by atoms with Crippen LogP contribution in [0.4, 0.5) is 26.0 Å². The van der Waals surface area contributed by atoms with Gasteiger partial charge in [-0.05, 0) is 73.6 Å². The number of pyridine rings is 1. The number of rotatable bonds is 10. The van der Waals surface area contributed by atoms with Gasteiger partial charge in [0, 0.05) is 118 Å². The number of fused-ring (bicyclic) bond motifs is 4. The van der Waals surface area contributed by atoms with Gasteiger partial charge < -0.3 is 28.6 Å². The summed E-state index contributed by atoms with van der Waals surface area (Å²) >= 11 is 0. The lowest BCUT2D eigenvalue weighted by Gasteiger charge is -2.40. The van der Waals surface area contributed by atoms with Gasteiger partial charge in [0.2, 0.25) is 17.7 Å². The second-order valence-electron chi connectivity index (χ2n) is 18.8. The zero-order valence-electron chi connectivity index (χ0n) is 38.2. The van der Waals surface area contributed by atoms with Crippen LogP contribution in [-0.2, 0) is 45.1 Å². The molecule has 1 atom stereocenters. The van der Waals surface area contributed by atoms with Gasteiger partial charge >= 0.3 is 0 Å². The van der Waals surface area contributed by atoms with Crippen molar-refractivity contribution in [3.8, 4) is 16.9 Å². The predicted octanol–water partition coefficient (Wildman–Crippen LogP) is 5.11. The summed E-state index contributed by atoms with van der Waals surface area (Å²) in [7, 11) is 0. The van der Waals surface area contributed by atoms with Crippen molar-refractivity contribution in [2.45, 2.75) is 89.6 Å². The van der Waals surface area contributed by atoms with E-state index >= 15 is 8.78 Å². The van der Waals surface area contributed by atoms with Crippen LogP contribution >= 0.6 is 0 Å². The lowest BCUT2D eigenvalue weighted by Crippen LogP contribution is -2.54. The number of alkyl halides is 2. The molecular weight excluding hydrogens is 907 g/mol. The van der Waals surface area contributed by atoms with E-state index in [9.17, 15) is 24.0 Å². The van der Waals surface area contributed by atoms with Crippen LogP contribution in [0.3, 0.4) is 0 Å². The van der Waals surface area contributed by atoms with Crippen LogP contribution in [0.5, 0.6) is 5.75 Å². The summed E-state index contributed by atoms with van der Waals surface area (Å²) in [5.41, 5.74) is 6.55. The molecule has 0 radical (unpaired) electrons. The summed E-state index contributed by atoms with van der Waals surface area (Å²) in [5.74, 6) is -1.17. The number of nitrogens with zero attached hydrogens (tertiary/aromatic N) is 11. The van der Waals surface area contributed by atoms with E-state index in [1.54, 1.807) is 71.1 Å². The first-order valence-electron chi connectivity index (χ1n) is 23.7. The standard InChI is InChI=1S/C49H48F2N12O7/c1-27(64)57-13-8-39-38(25-57)46(55-63(39)30-9-15-69-16-10-30)60-12-2-3-28-17-34(35(45(50)51)19-41(28)60)37-24-58-14-11-52-43(58)20-42(37)70-26-29-21-61(56-54-29)32-22-59(23-32)31-4-5-33-36(18-31)49(68)62(48(33)67)40-6-7-44(65)53-47(40)66/h4-5,11,14,17-21,24,30,32,40,45H,2-3,6-10,12-13,15-16,22-23,25-26H2,1H3,(H,53,65,66). The van der Waals surface area contributed by atoms with Crippen LogP contribution in [0, 0.1) is 0 Å². The Balaban J connectivity index is 0.784. The first-order valence-corrected chi connectivity index (χ1v) is 23.7. The average Bonchev–Trinajstić information content (AvgIpc) is 4.15. The van der Waals surface area contributed by atoms with Crippen molar-refractivity contribution in [3.63, 3.8) is 0 Å². The number of aryl methyl sites for hydroxylation is 1. The van der Waals surface area contributed by atoms with Crippen molar-refractivity contribution in [2.75, 3.05) is 49.2 Å². The van der Waals surface area contributed by atoms with E-state index in [0.717, 1.165) is 46.7 Å². The molecule has 19 nitrogen and oxygen atoms in total. The minimum absolute atomic E-state index is 0.00808. The summed E-state index contributed by atoms with van der Waals surface area (Å²) in [6.45, 7) is 5.51. The maximum absolute atomic E-state index is 15.5. The molecule has 0 aliphatic carbocycles.